The van der Waals surface area contributed by atoms with Gasteiger partial charge in [-0.2, -0.15) is 4.31 Å². The second-order valence-corrected chi connectivity index (χ2v) is 4.97. The Morgan fingerprint density at radius 1 is 1.64 bits per heavy atom. The summed E-state index contributed by atoms with van der Waals surface area (Å²) < 4.78 is 23.9. The van der Waals surface area contributed by atoms with Crippen LogP contribution in [0, 0.1) is 0 Å². The number of hydrogen-bond donors (Lipinski definition) is 0. The highest BCUT2D eigenvalue weighted by Crippen LogP contribution is 2.21. The topological polar surface area (TPSA) is 37.4 Å². The van der Waals surface area contributed by atoms with Gasteiger partial charge in [0.25, 0.3) is 0 Å². The smallest absolute Gasteiger partial charge is 0.212 e. The van der Waals surface area contributed by atoms with Crippen LogP contribution < -0.4 is 0 Å². The number of nitrogens with zero attached hydrogens (tertiary/aromatic N) is 1. The minimum absolute atomic E-state index is 0.0340. The molecule has 0 aromatic heterocycles. The van der Waals surface area contributed by atoms with Crippen molar-refractivity contribution < 1.29 is 8.42 Å². The molecular weight excluding hydrogens is 186 g/mol. The molecule has 0 N–H and O–H groups in total. The minimum Gasteiger partial charge on any atom is -0.212 e. The van der Waals surface area contributed by atoms with Gasteiger partial charge in [-0.05, 0) is 6.42 Å². The van der Waals surface area contributed by atoms with E-state index < -0.39 is 10.0 Å². The van der Waals surface area contributed by atoms with Gasteiger partial charge in [0.1, 0.15) is 0 Å². The van der Waals surface area contributed by atoms with Crippen molar-refractivity contribution >= 4 is 21.6 Å². The Hall–Kier alpha value is 0.200. The van der Waals surface area contributed by atoms with E-state index in [0.717, 1.165) is 0 Å². The van der Waals surface area contributed by atoms with Crippen LogP contribution in [-0.4, -0.2) is 36.9 Å². The van der Waals surface area contributed by atoms with Crippen molar-refractivity contribution in [2.75, 3.05) is 18.2 Å². The number of halogens is 1. The molecule has 1 fully saturated rings. The lowest BCUT2D eigenvalue weighted by Crippen LogP contribution is -2.33. The Labute approximate surface area is 72.4 Å². The van der Waals surface area contributed by atoms with E-state index >= 15 is 0 Å². The highest BCUT2D eigenvalue weighted by atomic mass is 35.5. The van der Waals surface area contributed by atoms with E-state index in [4.69, 9.17) is 11.6 Å². The number of hydrogen-bond acceptors (Lipinski definition) is 2. The molecule has 0 aromatic rings. The van der Waals surface area contributed by atoms with Gasteiger partial charge in [-0.3, -0.25) is 0 Å². The molecule has 0 saturated carbocycles. The fourth-order valence-electron chi connectivity index (χ4n) is 1.38. The molecule has 0 amide bonds. The highest BCUT2D eigenvalue weighted by molar-refractivity contribution is 7.89. The van der Waals surface area contributed by atoms with Crippen LogP contribution in [0.15, 0.2) is 0 Å². The molecule has 0 spiro atoms. The monoisotopic (exact) mass is 197 g/mol. The van der Waals surface area contributed by atoms with Crippen molar-refractivity contribution in [3.8, 4) is 0 Å². The number of rotatable bonds is 2. The molecule has 3 nitrogen and oxygen atoms in total. The standard InChI is InChI=1S/C6H12ClNO2S/c1-2-8-6(5-7)3-4-11(8,9)10/h6H,2-5H2,1H3. The second-order valence-electron chi connectivity index (χ2n) is 2.62. The van der Waals surface area contributed by atoms with E-state index in [2.05, 4.69) is 0 Å². The average molecular weight is 198 g/mol. The fraction of sp³-hybridized carbons (Fsp3) is 1.00. The summed E-state index contributed by atoms with van der Waals surface area (Å²) in [4.78, 5) is 0. The third-order valence-electron chi connectivity index (χ3n) is 1.96. The van der Waals surface area contributed by atoms with Gasteiger partial charge in [0, 0.05) is 18.5 Å². The van der Waals surface area contributed by atoms with Crippen LogP contribution in [0.25, 0.3) is 0 Å². The molecular formula is C6H12ClNO2S. The minimum atomic E-state index is -2.95. The normalized spacial score (nSPS) is 30.9. The van der Waals surface area contributed by atoms with Crippen LogP contribution in [-0.2, 0) is 10.0 Å². The number of alkyl halides is 1. The summed E-state index contributed by atoms with van der Waals surface area (Å²) in [7, 11) is -2.95. The molecule has 1 rings (SSSR count). The van der Waals surface area contributed by atoms with Gasteiger partial charge in [0.05, 0.1) is 5.75 Å². The van der Waals surface area contributed by atoms with Crippen LogP contribution in [0.2, 0.25) is 0 Å². The Balaban J connectivity index is 2.80. The molecule has 1 aliphatic heterocycles. The zero-order valence-electron chi connectivity index (χ0n) is 6.46. The molecule has 1 unspecified atom stereocenters. The van der Waals surface area contributed by atoms with E-state index in [1.807, 2.05) is 6.92 Å². The summed E-state index contributed by atoms with van der Waals surface area (Å²) in [5.74, 6) is 0.672. The van der Waals surface area contributed by atoms with Crippen LogP contribution in [0.3, 0.4) is 0 Å². The molecule has 0 radical (unpaired) electrons. The fourth-order valence-corrected chi connectivity index (χ4v) is 3.62. The van der Waals surface area contributed by atoms with Crippen LogP contribution in [0.1, 0.15) is 13.3 Å². The van der Waals surface area contributed by atoms with Crippen molar-refractivity contribution in [1.29, 1.82) is 0 Å². The Bertz CT molecular complexity index is 227. The van der Waals surface area contributed by atoms with Crippen molar-refractivity contribution in [3.63, 3.8) is 0 Å². The van der Waals surface area contributed by atoms with E-state index in [1.54, 1.807) is 0 Å². The first-order valence-corrected chi connectivity index (χ1v) is 5.81. The summed E-state index contributed by atoms with van der Waals surface area (Å²) in [5, 5.41) is 0. The number of sulfonamides is 1. The lowest BCUT2D eigenvalue weighted by atomic mass is 10.3. The maximum atomic E-state index is 11.2. The first-order valence-electron chi connectivity index (χ1n) is 3.67. The van der Waals surface area contributed by atoms with Crippen LogP contribution >= 0.6 is 11.6 Å². The first kappa shape index (κ1) is 9.29. The Morgan fingerprint density at radius 2 is 2.27 bits per heavy atom. The maximum absolute atomic E-state index is 11.2. The quantitative estimate of drug-likeness (QED) is 0.610. The van der Waals surface area contributed by atoms with E-state index in [0.29, 0.717) is 18.8 Å². The molecule has 1 atom stereocenters. The molecule has 1 saturated heterocycles. The molecule has 0 aliphatic carbocycles. The largest absolute Gasteiger partial charge is 0.214 e. The summed E-state index contributed by atoms with van der Waals surface area (Å²) in [6, 6.07) is 0.0340. The molecule has 5 heteroatoms. The van der Waals surface area contributed by atoms with Crippen molar-refractivity contribution in [3.05, 3.63) is 0 Å². The van der Waals surface area contributed by atoms with Gasteiger partial charge in [-0.25, -0.2) is 8.42 Å². The van der Waals surface area contributed by atoms with Gasteiger partial charge in [-0.1, -0.05) is 6.92 Å². The third kappa shape index (κ3) is 1.68. The van der Waals surface area contributed by atoms with Gasteiger partial charge in [0.15, 0.2) is 0 Å². The second kappa shape index (κ2) is 3.29. The summed E-state index contributed by atoms with van der Waals surface area (Å²) in [5.41, 5.74) is 0. The molecule has 0 aromatic carbocycles. The molecule has 1 aliphatic rings. The van der Waals surface area contributed by atoms with Crippen LogP contribution in [0.5, 0.6) is 0 Å². The molecule has 11 heavy (non-hydrogen) atoms. The van der Waals surface area contributed by atoms with Crippen molar-refractivity contribution in [1.82, 2.24) is 4.31 Å². The highest BCUT2D eigenvalue weighted by Gasteiger charge is 2.35. The van der Waals surface area contributed by atoms with Crippen molar-refractivity contribution in [2.45, 2.75) is 19.4 Å². The molecule has 66 valence electrons. The van der Waals surface area contributed by atoms with Crippen molar-refractivity contribution in [2.24, 2.45) is 0 Å². The van der Waals surface area contributed by atoms with E-state index in [1.165, 1.54) is 4.31 Å². The first-order chi connectivity index (χ1) is 5.11. The third-order valence-corrected chi connectivity index (χ3v) is 4.34. The Kier molecular flexibility index (Phi) is 2.78. The SMILES string of the molecule is CCN1C(CCl)CCS1(=O)=O. The predicted molar refractivity (Wildman–Crippen MR) is 45.3 cm³/mol. The van der Waals surface area contributed by atoms with E-state index in [9.17, 15) is 8.42 Å². The van der Waals surface area contributed by atoms with Gasteiger partial charge < -0.3 is 0 Å². The zero-order chi connectivity index (χ0) is 8.48. The van der Waals surface area contributed by atoms with Gasteiger partial charge in [-0.15, -0.1) is 11.6 Å². The average Bonchev–Trinajstić information content (AvgIpc) is 2.24. The van der Waals surface area contributed by atoms with Gasteiger partial charge in [0.2, 0.25) is 10.0 Å². The molecule has 0 bridgehead atoms. The maximum Gasteiger partial charge on any atom is 0.214 e. The summed E-state index contributed by atoms with van der Waals surface area (Å²) in [6.07, 6.45) is 0.680. The lowest BCUT2D eigenvalue weighted by molar-refractivity contribution is 0.381. The predicted octanol–water partition coefficient (Wildman–Crippen LogP) is 0.649. The lowest BCUT2D eigenvalue weighted by Gasteiger charge is -2.18. The summed E-state index contributed by atoms with van der Waals surface area (Å²) in [6.45, 7) is 2.38. The van der Waals surface area contributed by atoms with E-state index in [-0.39, 0.29) is 11.8 Å². The summed E-state index contributed by atoms with van der Waals surface area (Å²) >= 11 is 5.60. The molecule has 1 heterocycles. The Morgan fingerprint density at radius 3 is 2.64 bits per heavy atom. The zero-order valence-corrected chi connectivity index (χ0v) is 8.03. The van der Waals surface area contributed by atoms with Crippen LogP contribution in [0.4, 0.5) is 0 Å². The van der Waals surface area contributed by atoms with Gasteiger partial charge >= 0.3 is 0 Å².